The van der Waals surface area contributed by atoms with Crippen molar-refractivity contribution in [1.29, 1.82) is 0 Å². The minimum absolute atomic E-state index is 0.0127. The molecule has 0 unspecified atom stereocenters. The smallest absolute Gasteiger partial charge is 0.226 e. The maximum absolute atomic E-state index is 11.1. The van der Waals surface area contributed by atoms with Crippen LogP contribution in [-0.4, -0.2) is 29.7 Å². The summed E-state index contributed by atoms with van der Waals surface area (Å²) < 4.78 is 0. The van der Waals surface area contributed by atoms with E-state index in [0.29, 0.717) is 13.0 Å². The van der Waals surface area contributed by atoms with Gasteiger partial charge in [-0.3, -0.25) is 4.79 Å². The maximum atomic E-state index is 11.1. The Labute approximate surface area is 80.6 Å². The van der Waals surface area contributed by atoms with Crippen molar-refractivity contribution in [2.45, 2.75) is 13.3 Å². The van der Waals surface area contributed by atoms with Gasteiger partial charge in [0, 0.05) is 13.6 Å². The van der Waals surface area contributed by atoms with Crippen molar-refractivity contribution in [2.24, 2.45) is 0 Å². The first kappa shape index (κ1) is 9.91. The van der Waals surface area contributed by atoms with E-state index < -0.39 is 0 Å². The van der Waals surface area contributed by atoms with E-state index >= 15 is 0 Å². The van der Waals surface area contributed by atoms with Crippen LogP contribution in [0.4, 0.5) is 5.13 Å². The highest BCUT2D eigenvalue weighted by atomic mass is 32.1. The molecule has 0 bridgehead atoms. The second-order valence-electron chi connectivity index (χ2n) is 2.38. The fraction of sp³-hybridized carbons (Fsp3) is 0.571. The first-order chi connectivity index (χ1) is 6.26. The van der Waals surface area contributed by atoms with Crippen LogP contribution in [0.15, 0.2) is 0 Å². The van der Waals surface area contributed by atoms with Crippen molar-refractivity contribution in [3.8, 4) is 0 Å². The molecule has 1 rings (SSSR count). The number of aromatic nitrogens is 2. The maximum Gasteiger partial charge on any atom is 0.226 e. The number of carbonyl (C=O) groups is 1. The van der Waals surface area contributed by atoms with Gasteiger partial charge < -0.3 is 10.6 Å². The van der Waals surface area contributed by atoms with Crippen LogP contribution < -0.4 is 10.6 Å². The number of rotatable bonds is 4. The minimum Gasteiger partial charge on any atom is -0.363 e. The quantitative estimate of drug-likeness (QED) is 0.731. The van der Waals surface area contributed by atoms with E-state index in [-0.39, 0.29) is 5.91 Å². The van der Waals surface area contributed by atoms with Gasteiger partial charge in [0.2, 0.25) is 11.0 Å². The first-order valence-corrected chi connectivity index (χ1v) is 4.84. The van der Waals surface area contributed by atoms with Gasteiger partial charge in [-0.05, 0) is 6.92 Å². The topological polar surface area (TPSA) is 66.9 Å². The standard InChI is InChI=1S/C7H12N4OS/c1-3-9-5(12)4-6-10-11-7(8-2)13-6/h3-4H2,1-2H3,(H,8,11)(H,9,12). The molecule has 13 heavy (non-hydrogen) atoms. The van der Waals surface area contributed by atoms with Crippen molar-refractivity contribution < 1.29 is 4.79 Å². The fourth-order valence-corrected chi connectivity index (χ4v) is 1.51. The Hall–Kier alpha value is -1.17. The predicted octanol–water partition coefficient (Wildman–Crippen LogP) is 0.258. The van der Waals surface area contributed by atoms with Gasteiger partial charge in [-0.1, -0.05) is 11.3 Å². The highest BCUT2D eigenvalue weighted by molar-refractivity contribution is 7.15. The summed E-state index contributed by atoms with van der Waals surface area (Å²) in [6.07, 6.45) is 0.313. The van der Waals surface area contributed by atoms with E-state index in [1.54, 1.807) is 7.05 Å². The molecule has 2 N–H and O–H groups in total. The molecule has 0 radical (unpaired) electrons. The van der Waals surface area contributed by atoms with E-state index in [9.17, 15) is 4.79 Å². The Morgan fingerprint density at radius 2 is 2.31 bits per heavy atom. The Balaban J connectivity index is 2.49. The van der Waals surface area contributed by atoms with E-state index in [1.165, 1.54) is 11.3 Å². The second kappa shape index (κ2) is 4.76. The van der Waals surface area contributed by atoms with Crippen molar-refractivity contribution in [2.75, 3.05) is 18.9 Å². The monoisotopic (exact) mass is 200 g/mol. The molecule has 1 aromatic rings. The number of hydrogen-bond acceptors (Lipinski definition) is 5. The Bertz CT molecular complexity index is 286. The first-order valence-electron chi connectivity index (χ1n) is 4.03. The average Bonchev–Trinajstić information content (AvgIpc) is 2.52. The van der Waals surface area contributed by atoms with Gasteiger partial charge in [0.15, 0.2) is 0 Å². The van der Waals surface area contributed by atoms with Gasteiger partial charge in [-0.2, -0.15) is 0 Å². The summed E-state index contributed by atoms with van der Waals surface area (Å²) in [6.45, 7) is 2.54. The number of hydrogen-bond donors (Lipinski definition) is 2. The average molecular weight is 200 g/mol. The van der Waals surface area contributed by atoms with Crippen LogP contribution in [-0.2, 0) is 11.2 Å². The van der Waals surface area contributed by atoms with Crippen LogP contribution in [0, 0.1) is 0 Å². The Morgan fingerprint density at radius 1 is 1.54 bits per heavy atom. The zero-order valence-electron chi connectivity index (χ0n) is 7.63. The van der Waals surface area contributed by atoms with Crippen molar-refractivity contribution in [3.05, 3.63) is 5.01 Å². The lowest BCUT2D eigenvalue weighted by Gasteiger charge is -1.96. The molecule has 0 aliphatic carbocycles. The van der Waals surface area contributed by atoms with Crippen LogP contribution in [0.5, 0.6) is 0 Å². The van der Waals surface area contributed by atoms with Crippen molar-refractivity contribution in [1.82, 2.24) is 15.5 Å². The summed E-state index contributed by atoms with van der Waals surface area (Å²) in [5.74, 6) is -0.0127. The molecule has 1 aromatic heterocycles. The third-order valence-electron chi connectivity index (χ3n) is 1.37. The summed E-state index contributed by atoms with van der Waals surface area (Å²) in [7, 11) is 1.77. The Kier molecular flexibility index (Phi) is 3.63. The van der Waals surface area contributed by atoms with Gasteiger partial charge in [0.05, 0.1) is 6.42 Å². The molecule has 6 heteroatoms. The normalized spacial score (nSPS) is 9.69. The van der Waals surface area contributed by atoms with Crippen LogP contribution in [0.2, 0.25) is 0 Å². The van der Waals surface area contributed by atoms with Crippen LogP contribution in [0.25, 0.3) is 0 Å². The Morgan fingerprint density at radius 3 is 2.85 bits per heavy atom. The number of likely N-dealkylation sites (N-methyl/N-ethyl adjacent to an activating group) is 1. The lowest BCUT2D eigenvalue weighted by atomic mass is 10.4. The predicted molar refractivity (Wildman–Crippen MR) is 51.8 cm³/mol. The molecule has 0 fully saturated rings. The second-order valence-corrected chi connectivity index (χ2v) is 3.44. The van der Waals surface area contributed by atoms with E-state index in [0.717, 1.165) is 10.1 Å². The molecule has 1 heterocycles. The lowest BCUT2D eigenvalue weighted by molar-refractivity contribution is -0.120. The lowest BCUT2D eigenvalue weighted by Crippen LogP contribution is -2.24. The van der Waals surface area contributed by atoms with Gasteiger partial charge in [0.25, 0.3) is 0 Å². The summed E-state index contributed by atoms with van der Waals surface area (Å²) in [6, 6.07) is 0. The fourth-order valence-electron chi connectivity index (χ4n) is 0.823. The van der Waals surface area contributed by atoms with E-state index in [1.807, 2.05) is 6.92 Å². The number of nitrogens with one attached hydrogen (secondary N) is 2. The molecular formula is C7H12N4OS. The molecule has 0 aliphatic rings. The molecule has 0 saturated carbocycles. The summed E-state index contributed by atoms with van der Waals surface area (Å²) >= 11 is 1.39. The van der Waals surface area contributed by atoms with Crippen molar-refractivity contribution in [3.63, 3.8) is 0 Å². The number of anilines is 1. The van der Waals surface area contributed by atoms with Crippen LogP contribution in [0.3, 0.4) is 0 Å². The molecule has 1 amide bonds. The van der Waals surface area contributed by atoms with Gasteiger partial charge in [0.1, 0.15) is 5.01 Å². The van der Waals surface area contributed by atoms with Gasteiger partial charge in [-0.15, -0.1) is 10.2 Å². The summed E-state index contributed by atoms with van der Waals surface area (Å²) in [4.78, 5) is 11.1. The van der Waals surface area contributed by atoms with Crippen LogP contribution in [0.1, 0.15) is 11.9 Å². The molecule has 72 valence electrons. The highest BCUT2D eigenvalue weighted by Crippen LogP contribution is 2.14. The molecule has 0 spiro atoms. The molecule has 0 atom stereocenters. The molecule has 0 aliphatic heterocycles. The van der Waals surface area contributed by atoms with Crippen LogP contribution >= 0.6 is 11.3 Å². The minimum atomic E-state index is -0.0127. The summed E-state index contributed by atoms with van der Waals surface area (Å²) in [5, 5.41) is 14.7. The van der Waals surface area contributed by atoms with Gasteiger partial charge >= 0.3 is 0 Å². The number of carbonyl (C=O) groups excluding carboxylic acids is 1. The zero-order valence-corrected chi connectivity index (χ0v) is 8.44. The molecule has 0 aromatic carbocycles. The highest BCUT2D eigenvalue weighted by Gasteiger charge is 2.07. The molecule has 5 nitrogen and oxygen atoms in total. The van der Waals surface area contributed by atoms with E-state index in [2.05, 4.69) is 20.8 Å². The SMILES string of the molecule is CCNC(=O)Cc1nnc(NC)s1. The third-order valence-corrected chi connectivity index (χ3v) is 2.31. The molecule has 0 saturated heterocycles. The largest absolute Gasteiger partial charge is 0.363 e. The number of nitrogens with zero attached hydrogens (tertiary/aromatic N) is 2. The third kappa shape index (κ3) is 2.98. The number of amides is 1. The van der Waals surface area contributed by atoms with Crippen molar-refractivity contribution >= 4 is 22.4 Å². The summed E-state index contributed by atoms with van der Waals surface area (Å²) in [5.41, 5.74) is 0. The molecular weight excluding hydrogens is 188 g/mol. The van der Waals surface area contributed by atoms with E-state index in [4.69, 9.17) is 0 Å². The van der Waals surface area contributed by atoms with Gasteiger partial charge in [-0.25, -0.2) is 0 Å². The zero-order chi connectivity index (χ0) is 9.68.